The Labute approximate surface area is 159 Å². The Balaban J connectivity index is 1.57. The lowest BCUT2D eigenvalue weighted by molar-refractivity contribution is 0.0191. The largest absolute Gasteiger partial charge is 0.404 e. The van der Waals surface area contributed by atoms with Crippen molar-refractivity contribution in [2.24, 2.45) is 10.7 Å². The van der Waals surface area contributed by atoms with E-state index in [2.05, 4.69) is 27.1 Å². The Bertz CT molecular complexity index is 697. The van der Waals surface area contributed by atoms with Gasteiger partial charge in [0.25, 0.3) is 0 Å². The van der Waals surface area contributed by atoms with Gasteiger partial charge in [0.15, 0.2) is 0 Å². The molecule has 2 aliphatic heterocycles. The molecular formula is C19H26ClN5O. The molecule has 26 heavy (non-hydrogen) atoms. The SMILES string of the molecule is CC(CCN=CC(=CN)c1cnc2c(c1)NC(Cl)C=C2)N1CCOCC1. The zero-order chi connectivity index (χ0) is 18.4. The van der Waals surface area contributed by atoms with E-state index in [1.54, 1.807) is 12.4 Å². The van der Waals surface area contributed by atoms with Crippen molar-refractivity contribution < 1.29 is 4.74 Å². The molecule has 7 heteroatoms. The van der Waals surface area contributed by atoms with Gasteiger partial charge in [-0.1, -0.05) is 11.6 Å². The molecular weight excluding hydrogens is 350 g/mol. The van der Waals surface area contributed by atoms with E-state index in [9.17, 15) is 0 Å². The number of nitrogens with zero attached hydrogens (tertiary/aromatic N) is 3. The van der Waals surface area contributed by atoms with E-state index < -0.39 is 0 Å². The van der Waals surface area contributed by atoms with Crippen LogP contribution < -0.4 is 11.1 Å². The van der Waals surface area contributed by atoms with Crippen molar-refractivity contribution in [1.29, 1.82) is 0 Å². The van der Waals surface area contributed by atoms with E-state index in [-0.39, 0.29) is 5.50 Å². The van der Waals surface area contributed by atoms with E-state index in [1.165, 1.54) is 0 Å². The topological polar surface area (TPSA) is 75.8 Å². The molecule has 0 bridgehead atoms. The van der Waals surface area contributed by atoms with Crippen LogP contribution in [0.5, 0.6) is 0 Å². The van der Waals surface area contributed by atoms with E-state index >= 15 is 0 Å². The number of nitrogens with one attached hydrogen (secondary N) is 1. The van der Waals surface area contributed by atoms with Crippen LogP contribution in [0, 0.1) is 0 Å². The summed E-state index contributed by atoms with van der Waals surface area (Å²) in [7, 11) is 0. The van der Waals surface area contributed by atoms with Crippen molar-refractivity contribution in [2.75, 3.05) is 38.2 Å². The van der Waals surface area contributed by atoms with Gasteiger partial charge in [0.05, 0.1) is 24.6 Å². The second-order valence-corrected chi connectivity index (χ2v) is 6.98. The van der Waals surface area contributed by atoms with Crippen molar-refractivity contribution in [1.82, 2.24) is 9.88 Å². The normalized spacial score (nSPS) is 22.2. The molecule has 2 atom stereocenters. The lowest BCUT2D eigenvalue weighted by Gasteiger charge is -2.31. The molecule has 1 fully saturated rings. The summed E-state index contributed by atoms with van der Waals surface area (Å²) in [6.07, 6.45) is 9.99. The molecule has 0 radical (unpaired) electrons. The van der Waals surface area contributed by atoms with Crippen LogP contribution in [0.1, 0.15) is 24.6 Å². The zero-order valence-corrected chi connectivity index (χ0v) is 15.8. The highest BCUT2D eigenvalue weighted by Gasteiger charge is 2.16. The minimum Gasteiger partial charge on any atom is -0.404 e. The monoisotopic (exact) mass is 375 g/mol. The van der Waals surface area contributed by atoms with Crippen molar-refractivity contribution in [3.63, 3.8) is 0 Å². The first kappa shape index (κ1) is 18.9. The Morgan fingerprint density at radius 3 is 3.12 bits per heavy atom. The maximum absolute atomic E-state index is 6.10. The van der Waals surface area contributed by atoms with Gasteiger partial charge in [-0.25, -0.2) is 0 Å². The number of fused-ring (bicyclic) bond motifs is 1. The smallest absolute Gasteiger partial charge is 0.120 e. The van der Waals surface area contributed by atoms with Crippen molar-refractivity contribution in [3.8, 4) is 0 Å². The predicted molar refractivity (Wildman–Crippen MR) is 109 cm³/mol. The van der Waals surface area contributed by atoms with Crippen molar-refractivity contribution >= 4 is 35.2 Å². The standard InChI is InChI=1S/C19H26ClN5O/c1-14(25-6-8-26-9-7-25)4-5-22-12-16(11-21)15-10-18-17(23-13-15)2-3-19(20)24-18/h2-3,10-14,19,24H,4-9,21H2,1H3. The number of alkyl halides is 1. The molecule has 3 N–H and O–H groups in total. The molecule has 0 aromatic carbocycles. The van der Waals surface area contributed by atoms with Gasteiger partial charge in [0.1, 0.15) is 5.50 Å². The molecule has 1 saturated heterocycles. The number of morpholine rings is 1. The summed E-state index contributed by atoms with van der Waals surface area (Å²) >= 11 is 6.10. The van der Waals surface area contributed by atoms with Crippen LogP contribution in [0.3, 0.4) is 0 Å². The van der Waals surface area contributed by atoms with Gasteiger partial charge in [0, 0.05) is 55.4 Å². The quantitative estimate of drug-likeness (QED) is 0.454. The Morgan fingerprint density at radius 1 is 1.54 bits per heavy atom. The summed E-state index contributed by atoms with van der Waals surface area (Å²) < 4.78 is 5.40. The fraction of sp³-hybridized carbons (Fsp3) is 0.474. The number of allylic oxidation sites excluding steroid dienone is 1. The van der Waals surface area contributed by atoms with Crippen LogP contribution >= 0.6 is 11.6 Å². The number of aliphatic imine (C=N–C) groups is 1. The van der Waals surface area contributed by atoms with Crippen molar-refractivity contribution in [3.05, 3.63) is 35.8 Å². The first-order valence-corrected chi connectivity index (χ1v) is 9.44. The van der Waals surface area contributed by atoms with Gasteiger partial charge in [-0.15, -0.1) is 0 Å². The maximum atomic E-state index is 6.10. The lowest BCUT2D eigenvalue weighted by Crippen LogP contribution is -2.42. The minimum absolute atomic E-state index is 0.222. The number of anilines is 1. The van der Waals surface area contributed by atoms with E-state index in [0.29, 0.717) is 6.04 Å². The number of hydrogen-bond acceptors (Lipinski definition) is 6. The molecule has 0 aliphatic carbocycles. The first-order chi connectivity index (χ1) is 12.7. The van der Waals surface area contributed by atoms with E-state index in [4.69, 9.17) is 22.1 Å². The number of rotatable bonds is 6. The fourth-order valence-electron chi connectivity index (χ4n) is 3.09. The highest BCUT2D eigenvalue weighted by Crippen LogP contribution is 2.25. The zero-order valence-electron chi connectivity index (χ0n) is 15.1. The van der Waals surface area contributed by atoms with Crippen LogP contribution in [0.25, 0.3) is 11.6 Å². The molecule has 2 unspecified atom stereocenters. The third kappa shape index (κ3) is 4.84. The summed E-state index contributed by atoms with van der Waals surface area (Å²) in [6, 6.07) is 2.51. The maximum Gasteiger partial charge on any atom is 0.120 e. The van der Waals surface area contributed by atoms with Gasteiger partial charge in [-0.2, -0.15) is 0 Å². The van der Waals surface area contributed by atoms with Gasteiger partial charge in [0.2, 0.25) is 0 Å². The van der Waals surface area contributed by atoms with Gasteiger partial charge < -0.3 is 15.8 Å². The van der Waals surface area contributed by atoms with Crippen LogP contribution in [-0.4, -0.2) is 60.5 Å². The molecule has 3 heterocycles. The average Bonchev–Trinajstić information content (AvgIpc) is 2.68. The van der Waals surface area contributed by atoms with E-state index in [0.717, 1.165) is 61.8 Å². The van der Waals surface area contributed by atoms with Crippen molar-refractivity contribution in [2.45, 2.75) is 24.9 Å². The molecule has 2 aliphatic rings. The summed E-state index contributed by atoms with van der Waals surface area (Å²) in [5, 5.41) is 3.19. The summed E-state index contributed by atoms with van der Waals surface area (Å²) in [6.45, 7) is 6.66. The average molecular weight is 376 g/mol. The van der Waals surface area contributed by atoms with E-state index in [1.807, 2.05) is 24.4 Å². The predicted octanol–water partition coefficient (Wildman–Crippen LogP) is 2.57. The first-order valence-electron chi connectivity index (χ1n) is 9.00. The van der Waals surface area contributed by atoms with Gasteiger partial charge >= 0.3 is 0 Å². The highest BCUT2D eigenvalue weighted by atomic mass is 35.5. The second kappa shape index (κ2) is 9.16. The third-order valence-electron chi connectivity index (χ3n) is 4.72. The van der Waals surface area contributed by atoms with Crippen LogP contribution in [-0.2, 0) is 4.74 Å². The summed E-state index contributed by atoms with van der Waals surface area (Å²) in [5.74, 6) is 0. The second-order valence-electron chi connectivity index (χ2n) is 6.51. The third-order valence-corrected chi connectivity index (χ3v) is 4.98. The number of hydrogen-bond donors (Lipinski definition) is 2. The Kier molecular flexibility index (Phi) is 6.66. The summed E-state index contributed by atoms with van der Waals surface area (Å²) in [5.41, 5.74) is 9.12. The fourth-order valence-corrected chi connectivity index (χ4v) is 3.28. The minimum atomic E-state index is -0.222. The Hall–Kier alpha value is -1.89. The number of nitrogens with two attached hydrogens (primary N) is 1. The number of pyridine rings is 1. The molecule has 1 aromatic rings. The molecule has 0 spiro atoms. The molecule has 0 saturated carbocycles. The summed E-state index contributed by atoms with van der Waals surface area (Å²) in [4.78, 5) is 11.5. The van der Waals surface area contributed by atoms with Crippen LogP contribution in [0.2, 0.25) is 0 Å². The Morgan fingerprint density at radius 2 is 2.35 bits per heavy atom. The molecule has 3 rings (SSSR count). The number of halogens is 1. The van der Waals surface area contributed by atoms with Gasteiger partial charge in [-0.3, -0.25) is 14.9 Å². The number of ether oxygens (including phenoxy) is 1. The highest BCUT2D eigenvalue weighted by molar-refractivity contribution is 6.23. The molecule has 6 nitrogen and oxygen atoms in total. The van der Waals surface area contributed by atoms with Crippen LogP contribution in [0.15, 0.2) is 29.5 Å². The van der Waals surface area contributed by atoms with Gasteiger partial charge in [-0.05, 0) is 31.6 Å². The molecule has 0 amide bonds. The lowest BCUT2D eigenvalue weighted by atomic mass is 10.1. The number of aromatic nitrogens is 1. The molecule has 1 aromatic heterocycles. The van der Waals surface area contributed by atoms with Crippen LogP contribution in [0.4, 0.5) is 5.69 Å². The molecule has 140 valence electrons.